The Morgan fingerprint density at radius 2 is 2.07 bits per heavy atom. The van der Waals surface area contributed by atoms with E-state index in [4.69, 9.17) is 0 Å². The highest BCUT2D eigenvalue weighted by Crippen LogP contribution is 2.12. The normalized spacial score (nSPS) is 9.93. The van der Waals surface area contributed by atoms with Crippen molar-refractivity contribution in [1.82, 2.24) is 9.55 Å². The topological polar surface area (TPSA) is 46.9 Å². The summed E-state index contributed by atoms with van der Waals surface area (Å²) < 4.78 is 1.93. The molecule has 0 atom stereocenters. The van der Waals surface area contributed by atoms with E-state index in [0.717, 1.165) is 17.1 Å². The Kier molecular flexibility index (Phi) is 2.49. The number of anilines is 1. The molecule has 2 rings (SSSR count). The number of nitrogens with zero attached hydrogens (tertiary/aromatic N) is 2. The Labute approximate surface area is 87.6 Å². The Morgan fingerprint density at radius 3 is 2.60 bits per heavy atom. The van der Waals surface area contributed by atoms with Crippen LogP contribution in [0.25, 0.3) is 5.69 Å². The van der Waals surface area contributed by atoms with Crippen LogP contribution >= 0.6 is 0 Å². The van der Waals surface area contributed by atoms with Gasteiger partial charge in [0.1, 0.15) is 0 Å². The predicted octanol–water partition coefficient (Wildman–Crippen LogP) is 1.75. The van der Waals surface area contributed by atoms with Crippen LogP contribution in [0.4, 0.5) is 5.69 Å². The van der Waals surface area contributed by atoms with Crippen LogP contribution in [0.2, 0.25) is 0 Å². The molecule has 0 aliphatic carbocycles. The van der Waals surface area contributed by atoms with Crippen LogP contribution in [0.5, 0.6) is 0 Å². The zero-order valence-corrected chi connectivity index (χ0v) is 8.34. The van der Waals surface area contributed by atoms with Crippen molar-refractivity contribution in [2.24, 2.45) is 0 Å². The molecule has 2 aromatic rings. The molecule has 1 aromatic carbocycles. The summed E-state index contributed by atoms with van der Waals surface area (Å²) in [5.41, 5.74) is 2.78. The van der Waals surface area contributed by atoms with Crippen LogP contribution in [0.1, 0.15) is 5.69 Å². The second-order valence-corrected chi connectivity index (χ2v) is 3.23. The molecule has 1 heterocycles. The number of imidazole rings is 1. The fourth-order valence-electron chi connectivity index (χ4n) is 1.36. The maximum atomic E-state index is 10.2. The third-order valence-electron chi connectivity index (χ3n) is 2.10. The van der Waals surface area contributed by atoms with E-state index in [1.165, 1.54) is 0 Å². The number of aromatic nitrogens is 2. The number of aryl methyl sites for hydroxylation is 1. The Bertz CT molecular complexity index is 459. The number of rotatable bonds is 3. The molecule has 1 N–H and O–H groups in total. The highest BCUT2D eigenvalue weighted by Gasteiger charge is 1.97. The monoisotopic (exact) mass is 201 g/mol. The lowest BCUT2D eigenvalue weighted by Gasteiger charge is -2.03. The lowest BCUT2D eigenvalue weighted by molar-refractivity contribution is -0.105. The van der Waals surface area contributed by atoms with Gasteiger partial charge in [-0.05, 0) is 31.2 Å². The van der Waals surface area contributed by atoms with Crippen LogP contribution in [0, 0.1) is 6.92 Å². The molecule has 1 amide bonds. The molecular weight excluding hydrogens is 190 g/mol. The molecule has 4 nitrogen and oxygen atoms in total. The van der Waals surface area contributed by atoms with E-state index in [1.807, 2.05) is 42.0 Å². The standard InChI is InChI=1S/C11H11N3O/c1-9-6-14(7-12-9)11-4-2-10(3-5-11)13-8-15/h2-8H,1H3,(H,13,15). The van der Waals surface area contributed by atoms with Crippen molar-refractivity contribution in [2.45, 2.75) is 6.92 Å². The largest absolute Gasteiger partial charge is 0.329 e. The van der Waals surface area contributed by atoms with Gasteiger partial charge in [-0.1, -0.05) is 0 Å². The van der Waals surface area contributed by atoms with Gasteiger partial charge < -0.3 is 9.88 Å². The first kappa shape index (κ1) is 9.45. The Balaban J connectivity index is 2.27. The van der Waals surface area contributed by atoms with Crippen molar-refractivity contribution >= 4 is 12.1 Å². The summed E-state index contributed by atoms with van der Waals surface area (Å²) in [6.45, 7) is 1.94. The maximum Gasteiger partial charge on any atom is 0.211 e. The van der Waals surface area contributed by atoms with E-state index in [0.29, 0.717) is 6.41 Å². The number of nitrogens with one attached hydrogen (secondary N) is 1. The van der Waals surface area contributed by atoms with E-state index >= 15 is 0 Å². The van der Waals surface area contributed by atoms with Crippen molar-refractivity contribution in [3.05, 3.63) is 42.5 Å². The van der Waals surface area contributed by atoms with Crippen molar-refractivity contribution in [3.8, 4) is 5.69 Å². The number of benzene rings is 1. The molecule has 0 unspecified atom stereocenters. The van der Waals surface area contributed by atoms with E-state index in [1.54, 1.807) is 6.33 Å². The van der Waals surface area contributed by atoms with Gasteiger partial charge in [0.25, 0.3) is 0 Å². The minimum absolute atomic E-state index is 0.663. The molecule has 0 aliphatic heterocycles. The lowest BCUT2D eigenvalue weighted by Crippen LogP contribution is -1.94. The summed E-state index contributed by atoms with van der Waals surface area (Å²) in [6.07, 6.45) is 4.37. The molecule has 0 radical (unpaired) electrons. The van der Waals surface area contributed by atoms with Gasteiger partial charge in [0.05, 0.1) is 12.0 Å². The van der Waals surface area contributed by atoms with Gasteiger partial charge in [-0.2, -0.15) is 0 Å². The number of hydrogen-bond acceptors (Lipinski definition) is 2. The van der Waals surface area contributed by atoms with Crippen molar-refractivity contribution in [3.63, 3.8) is 0 Å². The van der Waals surface area contributed by atoms with Crippen LogP contribution in [0.3, 0.4) is 0 Å². The first-order valence-electron chi connectivity index (χ1n) is 4.61. The Morgan fingerprint density at radius 1 is 1.33 bits per heavy atom. The summed E-state index contributed by atoms with van der Waals surface area (Å²) in [6, 6.07) is 7.54. The van der Waals surface area contributed by atoms with E-state index in [2.05, 4.69) is 10.3 Å². The van der Waals surface area contributed by atoms with Gasteiger partial charge >= 0.3 is 0 Å². The van der Waals surface area contributed by atoms with Crippen molar-refractivity contribution in [2.75, 3.05) is 5.32 Å². The van der Waals surface area contributed by atoms with E-state index in [9.17, 15) is 4.79 Å². The smallest absolute Gasteiger partial charge is 0.211 e. The second kappa shape index (κ2) is 3.96. The zero-order chi connectivity index (χ0) is 10.7. The van der Waals surface area contributed by atoms with Gasteiger partial charge in [0, 0.05) is 17.6 Å². The minimum atomic E-state index is 0.663. The number of amides is 1. The third kappa shape index (κ3) is 2.04. The highest BCUT2D eigenvalue weighted by atomic mass is 16.1. The van der Waals surface area contributed by atoms with Crippen molar-refractivity contribution < 1.29 is 4.79 Å². The summed E-state index contributed by atoms with van der Waals surface area (Å²) in [7, 11) is 0. The van der Waals surface area contributed by atoms with Gasteiger partial charge in [0.2, 0.25) is 6.41 Å². The average molecular weight is 201 g/mol. The Hall–Kier alpha value is -2.10. The molecule has 0 saturated heterocycles. The number of carbonyl (C=O) groups excluding carboxylic acids is 1. The molecule has 0 aliphatic rings. The van der Waals surface area contributed by atoms with E-state index < -0.39 is 0 Å². The van der Waals surface area contributed by atoms with Gasteiger partial charge in [-0.15, -0.1) is 0 Å². The van der Waals surface area contributed by atoms with Crippen LogP contribution in [0.15, 0.2) is 36.8 Å². The first-order chi connectivity index (χ1) is 7.29. The summed E-state index contributed by atoms with van der Waals surface area (Å²) >= 11 is 0. The van der Waals surface area contributed by atoms with Gasteiger partial charge in [-0.25, -0.2) is 4.98 Å². The maximum absolute atomic E-state index is 10.2. The summed E-state index contributed by atoms with van der Waals surface area (Å²) in [4.78, 5) is 14.3. The average Bonchev–Trinajstić information content (AvgIpc) is 2.67. The SMILES string of the molecule is Cc1cn(-c2ccc(NC=O)cc2)cn1. The molecule has 0 fully saturated rings. The molecular formula is C11H11N3O. The number of carbonyl (C=O) groups is 1. The predicted molar refractivity (Wildman–Crippen MR) is 58.0 cm³/mol. The molecule has 0 bridgehead atoms. The minimum Gasteiger partial charge on any atom is -0.329 e. The molecule has 0 spiro atoms. The van der Waals surface area contributed by atoms with Crippen LogP contribution < -0.4 is 5.32 Å². The van der Waals surface area contributed by atoms with Gasteiger partial charge in [-0.3, -0.25) is 4.79 Å². The molecule has 76 valence electrons. The highest BCUT2D eigenvalue weighted by molar-refractivity contribution is 5.71. The molecule has 4 heteroatoms. The molecule has 1 aromatic heterocycles. The second-order valence-electron chi connectivity index (χ2n) is 3.23. The molecule has 15 heavy (non-hydrogen) atoms. The lowest BCUT2D eigenvalue weighted by atomic mass is 10.3. The molecule has 0 saturated carbocycles. The summed E-state index contributed by atoms with van der Waals surface area (Å²) in [5, 5.41) is 2.59. The fourth-order valence-corrected chi connectivity index (χ4v) is 1.36. The first-order valence-corrected chi connectivity index (χ1v) is 4.61. The fraction of sp³-hybridized carbons (Fsp3) is 0.0909. The van der Waals surface area contributed by atoms with Crippen molar-refractivity contribution in [1.29, 1.82) is 0 Å². The third-order valence-corrected chi connectivity index (χ3v) is 2.10. The summed E-state index contributed by atoms with van der Waals surface area (Å²) in [5.74, 6) is 0. The van der Waals surface area contributed by atoms with E-state index in [-0.39, 0.29) is 0 Å². The van der Waals surface area contributed by atoms with Crippen LogP contribution in [-0.4, -0.2) is 16.0 Å². The number of hydrogen-bond donors (Lipinski definition) is 1. The quantitative estimate of drug-likeness (QED) is 0.769. The van der Waals surface area contributed by atoms with Gasteiger partial charge in [0.15, 0.2) is 0 Å². The zero-order valence-electron chi connectivity index (χ0n) is 8.34. The van der Waals surface area contributed by atoms with Crippen LogP contribution in [-0.2, 0) is 4.79 Å².